The van der Waals surface area contributed by atoms with E-state index in [1.807, 2.05) is 0 Å². The molecule has 0 spiro atoms. The summed E-state index contributed by atoms with van der Waals surface area (Å²) in [5.74, 6) is -0.775. The number of nitrogens with two attached hydrogens (primary N) is 1. The first-order valence-electron chi connectivity index (χ1n) is 5.58. The number of nitrogens with one attached hydrogen (secondary N) is 1. The Hall–Kier alpha value is -1.63. The Morgan fingerprint density at radius 3 is 2.33 bits per heavy atom. The standard InChI is InChI=1S/C11H20N2O5/c1-5-17-9(15)8(7(12)6-14)13-10(16)18-11(2,3)4/h6-8H,5,12H2,1-4H3,(H,13,16)/t7-,8-/m0/s1. The maximum absolute atomic E-state index is 11.5. The highest BCUT2D eigenvalue weighted by Crippen LogP contribution is 2.07. The molecule has 0 bridgehead atoms. The molecule has 0 unspecified atom stereocenters. The van der Waals surface area contributed by atoms with Gasteiger partial charge in [-0.05, 0) is 27.7 Å². The summed E-state index contributed by atoms with van der Waals surface area (Å²) in [4.78, 5) is 33.6. The summed E-state index contributed by atoms with van der Waals surface area (Å²) >= 11 is 0. The van der Waals surface area contributed by atoms with Crippen molar-refractivity contribution in [3.8, 4) is 0 Å². The van der Waals surface area contributed by atoms with Crippen molar-refractivity contribution >= 4 is 18.3 Å². The Bertz CT molecular complexity index is 311. The molecule has 0 aliphatic rings. The number of rotatable bonds is 5. The van der Waals surface area contributed by atoms with E-state index >= 15 is 0 Å². The molecule has 2 atom stereocenters. The van der Waals surface area contributed by atoms with Gasteiger partial charge in [0.2, 0.25) is 0 Å². The molecule has 7 heteroatoms. The summed E-state index contributed by atoms with van der Waals surface area (Å²) < 4.78 is 9.67. The summed E-state index contributed by atoms with van der Waals surface area (Å²) in [6.07, 6.45) is -0.475. The zero-order valence-corrected chi connectivity index (χ0v) is 11.1. The molecule has 0 aliphatic carbocycles. The van der Waals surface area contributed by atoms with E-state index in [0.29, 0.717) is 6.29 Å². The van der Waals surface area contributed by atoms with E-state index in [9.17, 15) is 14.4 Å². The topological polar surface area (TPSA) is 108 Å². The number of carbonyl (C=O) groups is 3. The van der Waals surface area contributed by atoms with Gasteiger partial charge in [-0.2, -0.15) is 0 Å². The average molecular weight is 260 g/mol. The summed E-state index contributed by atoms with van der Waals surface area (Å²) in [7, 11) is 0. The second-order valence-corrected chi connectivity index (χ2v) is 4.59. The van der Waals surface area contributed by atoms with Crippen LogP contribution in [0.1, 0.15) is 27.7 Å². The number of hydrogen-bond donors (Lipinski definition) is 2. The first-order chi connectivity index (χ1) is 8.21. The van der Waals surface area contributed by atoms with Crippen molar-refractivity contribution < 1.29 is 23.9 Å². The van der Waals surface area contributed by atoms with E-state index in [1.54, 1.807) is 27.7 Å². The summed E-state index contributed by atoms with van der Waals surface area (Å²) in [5, 5.41) is 2.22. The van der Waals surface area contributed by atoms with Crippen LogP contribution in [0.25, 0.3) is 0 Å². The molecule has 0 fully saturated rings. The van der Waals surface area contributed by atoms with Gasteiger partial charge in [0.1, 0.15) is 11.9 Å². The fraction of sp³-hybridized carbons (Fsp3) is 0.727. The molecule has 104 valence electrons. The lowest BCUT2D eigenvalue weighted by atomic mass is 10.1. The minimum absolute atomic E-state index is 0.122. The van der Waals surface area contributed by atoms with Crippen molar-refractivity contribution in [1.82, 2.24) is 5.32 Å². The van der Waals surface area contributed by atoms with Crippen LogP contribution in [-0.2, 0) is 19.1 Å². The van der Waals surface area contributed by atoms with Crippen LogP contribution in [0, 0.1) is 0 Å². The van der Waals surface area contributed by atoms with Gasteiger partial charge in [-0.15, -0.1) is 0 Å². The number of esters is 1. The van der Waals surface area contributed by atoms with Crippen molar-refractivity contribution in [2.45, 2.75) is 45.4 Å². The lowest BCUT2D eigenvalue weighted by Gasteiger charge is -2.23. The lowest BCUT2D eigenvalue weighted by molar-refractivity contribution is -0.146. The monoisotopic (exact) mass is 260 g/mol. The van der Waals surface area contributed by atoms with E-state index in [-0.39, 0.29) is 6.61 Å². The lowest BCUT2D eigenvalue weighted by Crippen LogP contribution is -2.54. The van der Waals surface area contributed by atoms with Gasteiger partial charge in [0.25, 0.3) is 0 Å². The first-order valence-corrected chi connectivity index (χ1v) is 5.58. The van der Waals surface area contributed by atoms with Crippen LogP contribution < -0.4 is 11.1 Å². The third-order valence-corrected chi connectivity index (χ3v) is 1.75. The molecule has 1 amide bonds. The molecule has 18 heavy (non-hydrogen) atoms. The van der Waals surface area contributed by atoms with Crippen molar-refractivity contribution in [1.29, 1.82) is 0 Å². The van der Waals surface area contributed by atoms with E-state index < -0.39 is 29.7 Å². The van der Waals surface area contributed by atoms with Gasteiger partial charge in [0.05, 0.1) is 12.6 Å². The normalized spacial score (nSPS) is 14.3. The van der Waals surface area contributed by atoms with E-state index in [2.05, 4.69) is 5.32 Å². The quantitative estimate of drug-likeness (QED) is 0.531. The molecule has 7 nitrogen and oxygen atoms in total. The molecule has 0 heterocycles. The number of alkyl carbamates (subject to hydrolysis) is 1. The molecular weight excluding hydrogens is 240 g/mol. The number of ether oxygens (including phenoxy) is 2. The van der Waals surface area contributed by atoms with Crippen LogP contribution in [0.15, 0.2) is 0 Å². The summed E-state index contributed by atoms with van der Waals surface area (Å²) in [5.41, 5.74) is 4.71. The Kier molecular flexibility index (Phi) is 6.32. The summed E-state index contributed by atoms with van der Waals surface area (Å²) in [6.45, 7) is 6.74. The van der Waals surface area contributed by atoms with Gasteiger partial charge < -0.3 is 25.3 Å². The Morgan fingerprint density at radius 1 is 1.39 bits per heavy atom. The smallest absolute Gasteiger partial charge is 0.408 e. The van der Waals surface area contributed by atoms with Crippen molar-refractivity contribution in [2.24, 2.45) is 5.73 Å². The first kappa shape index (κ1) is 16.4. The molecule has 0 aromatic carbocycles. The highest BCUT2D eigenvalue weighted by molar-refractivity contribution is 5.85. The van der Waals surface area contributed by atoms with Gasteiger partial charge in [-0.25, -0.2) is 9.59 Å². The van der Waals surface area contributed by atoms with E-state index in [0.717, 1.165) is 0 Å². The minimum Gasteiger partial charge on any atom is -0.464 e. The van der Waals surface area contributed by atoms with Crippen LogP contribution in [-0.4, -0.2) is 42.6 Å². The van der Waals surface area contributed by atoms with Gasteiger partial charge in [0.15, 0.2) is 6.04 Å². The van der Waals surface area contributed by atoms with Crippen molar-refractivity contribution in [2.75, 3.05) is 6.61 Å². The highest BCUT2D eigenvalue weighted by Gasteiger charge is 2.30. The number of aldehydes is 1. The van der Waals surface area contributed by atoms with Crippen molar-refractivity contribution in [3.05, 3.63) is 0 Å². The van der Waals surface area contributed by atoms with Crippen LogP contribution >= 0.6 is 0 Å². The molecular formula is C11H20N2O5. The van der Waals surface area contributed by atoms with Crippen LogP contribution in [0.3, 0.4) is 0 Å². The summed E-state index contributed by atoms with van der Waals surface area (Å²) in [6, 6.07) is -2.44. The maximum Gasteiger partial charge on any atom is 0.408 e. The van der Waals surface area contributed by atoms with Crippen LogP contribution in [0.2, 0.25) is 0 Å². The molecule has 0 aliphatic heterocycles. The second kappa shape index (κ2) is 6.95. The largest absolute Gasteiger partial charge is 0.464 e. The van der Waals surface area contributed by atoms with Crippen molar-refractivity contribution in [3.63, 3.8) is 0 Å². The third-order valence-electron chi connectivity index (χ3n) is 1.75. The molecule has 0 saturated carbocycles. The fourth-order valence-electron chi connectivity index (χ4n) is 1.06. The predicted molar refractivity (Wildman–Crippen MR) is 63.8 cm³/mol. The van der Waals surface area contributed by atoms with Gasteiger partial charge in [-0.3, -0.25) is 0 Å². The fourth-order valence-corrected chi connectivity index (χ4v) is 1.06. The molecule has 0 aromatic rings. The van der Waals surface area contributed by atoms with Crippen LogP contribution in [0.5, 0.6) is 0 Å². The third kappa shape index (κ3) is 6.19. The molecule has 0 rings (SSSR count). The minimum atomic E-state index is -1.25. The average Bonchev–Trinajstić information content (AvgIpc) is 2.22. The molecule has 0 aromatic heterocycles. The van der Waals surface area contributed by atoms with Gasteiger partial charge >= 0.3 is 12.1 Å². The predicted octanol–water partition coefficient (Wildman–Crippen LogP) is -0.0310. The second-order valence-electron chi connectivity index (χ2n) is 4.59. The zero-order valence-electron chi connectivity index (χ0n) is 11.1. The number of hydrogen-bond acceptors (Lipinski definition) is 6. The number of carbonyl (C=O) groups excluding carboxylic acids is 3. The highest BCUT2D eigenvalue weighted by atomic mass is 16.6. The zero-order chi connectivity index (χ0) is 14.3. The SMILES string of the molecule is CCOC(=O)[C@@H](NC(=O)OC(C)(C)C)[C@@H](N)C=O. The van der Waals surface area contributed by atoms with Crippen LogP contribution in [0.4, 0.5) is 4.79 Å². The van der Waals surface area contributed by atoms with E-state index in [4.69, 9.17) is 15.2 Å². The Labute approximate surface area is 106 Å². The Morgan fingerprint density at radius 2 is 1.94 bits per heavy atom. The maximum atomic E-state index is 11.5. The van der Waals surface area contributed by atoms with Gasteiger partial charge in [0, 0.05) is 0 Å². The molecule has 0 saturated heterocycles. The van der Waals surface area contributed by atoms with E-state index in [1.165, 1.54) is 0 Å². The number of amides is 1. The Balaban J connectivity index is 4.64. The van der Waals surface area contributed by atoms with Gasteiger partial charge in [-0.1, -0.05) is 0 Å². The molecule has 3 N–H and O–H groups in total. The molecule has 0 radical (unpaired) electrons.